The zero-order valence-electron chi connectivity index (χ0n) is 23.9. The molecule has 3 atom stereocenters. The molecule has 0 saturated carbocycles. The van der Waals surface area contributed by atoms with E-state index in [1.165, 1.54) is 17.0 Å². The Kier molecular flexibility index (Phi) is 10.2. The molecule has 0 unspecified atom stereocenters. The van der Waals surface area contributed by atoms with Gasteiger partial charge in [0.2, 0.25) is 0 Å². The molecule has 0 N–H and O–H groups in total. The van der Waals surface area contributed by atoms with Crippen LogP contribution in [0, 0.1) is 0 Å². The highest BCUT2D eigenvalue weighted by Crippen LogP contribution is 2.37. The Hall–Kier alpha value is -2.88. The van der Waals surface area contributed by atoms with Crippen molar-refractivity contribution in [3.8, 4) is 0 Å². The van der Waals surface area contributed by atoms with Crippen LogP contribution in [0.3, 0.4) is 0 Å². The number of halogens is 9. The average molecular weight is 642 g/mol. The standard InChI is InChI=1S/C29H32F9N3O3/c1-43-24-16-40(17-25(24)44-2)8-7-39-9-10-41(23(15-39)11-18-3-5-20(6-4-18)27(30,31)32)26(42)19-12-21(28(33,34)35)14-22(13-19)29(36,37)38/h3-6,12-14,23-25H,7-11,15-17H2,1-2H3/t23-,24+,25+/m1/s1. The first kappa shape index (κ1) is 34.0. The molecule has 2 aliphatic heterocycles. The van der Waals surface area contributed by atoms with E-state index in [-0.39, 0.29) is 44.3 Å². The Balaban J connectivity index is 1.57. The number of likely N-dealkylation sites (tertiary alicyclic amines) is 1. The second kappa shape index (κ2) is 13.2. The van der Waals surface area contributed by atoms with Crippen LogP contribution in [-0.4, -0.2) is 98.9 Å². The van der Waals surface area contributed by atoms with Gasteiger partial charge in [0.25, 0.3) is 5.91 Å². The number of alkyl halides is 9. The summed E-state index contributed by atoms with van der Waals surface area (Å²) in [5.41, 5.74) is -4.44. The van der Waals surface area contributed by atoms with Gasteiger partial charge in [-0.05, 0) is 42.3 Å². The average Bonchev–Trinajstić information content (AvgIpc) is 3.37. The van der Waals surface area contributed by atoms with Crippen LogP contribution in [0.1, 0.15) is 32.6 Å². The van der Waals surface area contributed by atoms with Gasteiger partial charge in [0, 0.05) is 71.6 Å². The third-order valence-electron chi connectivity index (χ3n) is 8.04. The first-order valence-electron chi connectivity index (χ1n) is 13.8. The van der Waals surface area contributed by atoms with Gasteiger partial charge in [-0.2, -0.15) is 39.5 Å². The number of piperazine rings is 1. The quantitative estimate of drug-likeness (QED) is 0.359. The monoisotopic (exact) mass is 641 g/mol. The van der Waals surface area contributed by atoms with E-state index in [1.54, 1.807) is 14.2 Å². The van der Waals surface area contributed by atoms with Crippen LogP contribution < -0.4 is 0 Å². The first-order valence-corrected chi connectivity index (χ1v) is 13.8. The predicted molar refractivity (Wildman–Crippen MR) is 141 cm³/mol. The lowest BCUT2D eigenvalue weighted by molar-refractivity contribution is -0.143. The summed E-state index contributed by atoms with van der Waals surface area (Å²) < 4.78 is 131. The zero-order chi connectivity index (χ0) is 32.4. The maximum Gasteiger partial charge on any atom is 0.416 e. The van der Waals surface area contributed by atoms with Crippen molar-refractivity contribution >= 4 is 5.91 Å². The Morgan fingerprint density at radius 3 is 1.68 bits per heavy atom. The van der Waals surface area contributed by atoms with Gasteiger partial charge in [-0.3, -0.25) is 14.6 Å². The SMILES string of the molecule is CO[C@H]1CN(CCN2CCN(C(=O)c3cc(C(F)(F)F)cc(C(F)(F)F)c3)[C@H](Cc3ccc(C(F)(F)F)cc3)C2)C[C@@H]1OC. The maximum absolute atomic E-state index is 13.5. The molecule has 0 aromatic heterocycles. The van der Waals surface area contributed by atoms with E-state index in [0.29, 0.717) is 43.9 Å². The minimum Gasteiger partial charge on any atom is -0.377 e. The summed E-state index contributed by atoms with van der Waals surface area (Å²) in [6.07, 6.45) is -15.0. The molecule has 15 heteroatoms. The van der Waals surface area contributed by atoms with Crippen molar-refractivity contribution in [2.24, 2.45) is 0 Å². The minimum absolute atomic E-state index is 0.0108. The Morgan fingerprint density at radius 2 is 1.20 bits per heavy atom. The van der Waals surface area contributed by atoms with E-state index >= 15 is 0 Å². The van der Waals surface area contributed by atoms with Crippen LogP contribution in [0.25, 0.3) is 0 Å². The summed E-state index contributed by atoms with van der Waals surface area (Å²) in [5.74, 6) is -1.02. The number of rotatable bonds is 8. The zero-order valence-corrected chi connectivity index (χ0v) is 23.9. The fourth-order valence-corrected chi connectivity index (χ4v) is 5.65. The predicted octanol–water partition coefficient (Wildman–Crippen LogP) is 5.46. The summed E-state index contributed by atoms with van der Waals surface area (Å²) in [4.78, 5) is 18.9. The van der Waals surface area contributed by atoms with Crippen molar-refractivity contribution in [1.29, 1.82) is 0 Å². The number of benzene rings is 2. The fraction of sp³-hybridized carbons (Fsp3) is 0.552. The summed E-state index contributed by atoms with van der Waals surface area (Å²) in [6.45, 7) is 2.86. The van der Waals surface area contributed by atoms with Crippen molar-refractivity contribution in [3.05, 3.63) is 70.3 Å². The summed E-state index contributed by atoms with van der Waals surface area (Å²) in [5, 5.41) is 0. The summed E-state index contributed by atoms with van der Waals surface area (Å²) in [7, 11) is 3.18. The van der Waals surface area contributed by atoms with E-state index in [9.17, 15) is 44.3 Å². The number of carbonyl (C=O) groups is 1. The number of hydrogen-bond donors (Lipinski definition) is 0. The molecule has 2 saturated heterocycles. The van der Waals surface area contributed by atoms with Gasteiger partial charge in [0.05, 0.1) is 28.9 Å². The van der Waals surface area contributed by atoms with Gasteiger partial charge in [-0.25, -0.2) is 0 Å². The van der Waals surface area contributed by atoms with Gasteiger partial charge in [0.1, 0.15) is 0 Å². The molecule has 0 aliphatic carbocycles. The van der Waals surface area contributed by atoms with Gasteiger partial charge in [-0.15, -0.1) is 0 Å². The second-order valence-corrected chi connectivity index (χ2v) is 11.0. The van der Waals surface area contributed by atoms with Crippen LogP contribution >= 0.6 is 0 Å². The molecule has 6 nitrogen and oxygen atoms in total. The lowest BCUT2D eigenvalue weighted by Crippen LogP contribution is -2.57. The molecule has 0 radical (unpaired) electrons. The lowest BCUT2D eigenvalue weighted by Gasteiger charge is -2.42. The van der Waals surface area contributed by atoms with Gasteiger partial charge in [-0.1, -0.05) is 12.1 Å². The van der Waals surface area contributed by atoms with Crippen LogP contribution in [0.15, 0.2) is 42.5 Å². The van der Waals surface area contributed by atoms with Crippen LogP contribution in [-0.2, 0) is 34.4 Å². The first-order chi connectivity index (χ1) is 20.5. The third kappa shape index (κ3) is 8.23. The maximum atomic E-state index is 13.5. The number of methoxy groups -OCH3 is 2. The number of carbonyl (C=O) groups excluding carboxylic acids is 1. The largest absolute Gasteiger partial charge is 0.416 e. The topological polar surface area (TPSA) is 45.2 Å². The number of hydrogen-bond acceptors (Lipinski definition) is 5. The molecule has 44 heavy (non-hydrogen) atoms. The number of ether oxygens (including phenoxy) is 2. The van der Waals surface area contributed by atoms with Crippen molar-refractivity contribution in [2.45, 2.75) is 43.2 Å². The molecule has 244 valence electrons. The molecular weight excluding hydrogens is 609 g/mol. The molecular formula is C29H32F9N3O3. The second-order valence-electron chi connectivity index (χ2n) is 11.0. The van der Waals surface area contributed by atoms with E-state index in [4.69, 9.17) is 9.47 Å². The molecule has 2 heterocycles. The van der Waals surface area contributed by atoms with Crippen molar-refractivity contribution in [1.82, 2.24) is 14.7 Å². The van der Waals surface area contributed by atoms with E-state index in [2.05, 4.69) is 4.90 Å². The smallest absolute Gasteiger partial charge is 0.377 e. The minimum atomic E-state index is -5.13. The molecule has 4 rings (SSSR count). The molecule has 2 aromatic rings. The molecule has 2 aromatic carbocycles. The highest BCUT2D eigenvalue weighted by atomic mass is 19.4. The van der Waals surface area contributed by atoms with Crippen LogP contribution in [0.2, 0.25) is 0 Å². The van der Waals surface area contributed by atoms with E-state index < -0.39 is 52.7 Å². The third-order valence-corrected chi connectivity index (χ3v) is 8.04. The molecule has 1 amide bonds. The van der Waals surface area contributed by atoms with E-state index in [1.807, 2.05) is 4.90 Å². The highest BCUT2D eigenvalue weighted by molar-refractivity contribution is 5.95. The van der Waals surface area contributed by atoms with Crippen molar-refractivity contribution in [2.75, 3.05) is 60.0 Å². The Labute approximate surface area is 248 Å². The van der Waals surface area contributed by atoms with Gasteiger partial charge in [0.15, 0.2) is 0 Å². The lowest BCUT2D eigenvalue weighted by atomic mass is 9.98. The fourth-order valence-electron chi connectivity index (χ4n) is 5.65. The van der Waals surface area contributed by atoms with Crippen LogP contribution in [0.5, 0.6) is 0 Å². The summed E-state index contributed by atoms with van der Waals surface area (Å²) in [6, 6.07) is 4.26. The number of nitrogens with zero attached hydrogens (tertiary/aromatic N) is 3. The van der Waals surface area contributed by atoms with Crippen molar-refractivity contribution in [3.63, 3.8) is 0 Å². The molecule has 2 aliphatic rings. The van der Waals surface area contributed by atoms with Crippen molar-refractivity contribution < 1.29 is 53.8 Å². The van der Waals surface area contributed by atoms with Crippen LogP contribution in [0.4, 0.5) is 39.5 Å². The molecule has 0 spiro atoms. The Morgan fingerprint density at radius 1 is 0.705 bits per heavy atom. The number of amides is 1. The Bertz CT molecular complexity index is 1240. The van der Waals surface area contributed by atoms with Gasteiger partial charge < -0.3 is 14.4 Å². The normalized spacial score (nSPS) is 22.5. The van der Waals surface area contributed by atoms with E-state index in [0.717, 1.165) is 12.1 Å². The highest BCUT2D eigenvalue weighted by Gasteiger charge is 2.40. The molecule has 2 fully saturated rings. The molecule has 0 bridgehead atoms. The van der Waals surface area contributed by atoms with Gasteiger partial charge >= 0.3 is 18.5 Å². The summed E-state index contributed by atoms with van der Waals surface area (Å²) >= 11 is 0.